The SMILES string of the molecule is N#CC(CO)c1ccc(C(F)(F)F)cc1. The minimum Gasteiger partial charge on any atom is -0.395 e. The zero-order chi connectivity index (χ0) is 11.5. The lowest BCUT2D eigenvalue weighted by Crippen LogP contribution is -2.06. The van der Waals surface area contributed by atoms with Crippen molar-refractivity contribution < 1.29 is 18.3 Å². The molecule has 1 N–H and O–H groups in total. The summed E-state index contributed by atoms with van der Waals surface area (Å²) < 4.78 is 36.5. The van der Waals surface area contributed by atoms with Gasteiger partial charge < -0.3 is 5.11 Å². The Morgan fingerprint density at radius 2 is 1.80 bits per heavy atom. The van der Waals surface area contributed by atoms with Crippen molar-refractivity contribution >= 4 is 0 Å². The van der Waals surface area contributed by atoms with Gasteiger partial charge in [0.2, 0.25) is 0 Å². The number of rotatable bonds is 2. The van der Waals surface area contributed by atoms with Gasteiger partial charge in [0, 0.05) is 0 Å². The second-order valence-corrected chi connectivity index (χ2v) is 2.98. The lowest BCUT2D eigenvalue weighted by molar-refractivity contribution is -0.137. The zero-order valence-corrected chi connectivity index (χ0v) is 7.62. The minimum atomic E-state index is -4.38. The monoisotopic (exact) mass is 215 g/mol. The van der Waals surface area contributed by atoms with Gasteiger partial charge in [-0.15, -0.1) is 0 Å². The van der Waals surface area contributed by atoms with E-state index in [-0.39, 0.29) is 0 Å². The minimum absolute atomic E-state index is 0.382. The van der Waals surface area contributed by atoms with Crippen LogP contribution in [-0.2, 0) is 6.18 Å². The molecule has 0 spiro atoms. The number of aliphatic hydroxyl groups is 1. The first-order valence-corrected chi connectivity index (χ1v) is 4.16. The molecule has 5 heteroatoms. The van der Waals surface area contributed by atoms with E-state index < -0.39 is 24.3 Å². The van der Waals surface area contributed by atoms with E-state index in [2.05, 4.69) is 0 Å². The van der Waals surface area contributed by atoms with E-state index in [9.17, 15) is 13.2 Å². The van der Waals surface area contributed by atoms with Crippen molar-refractivity contribution in [3.8, 4) is 6.07 Å². The van der Waals surface area contributed by atoms with Crippen LogP contribution in [0.2, 0.25) is 0 Å². The predicted octanol–water partition coefficient (Wildman–Crippen LogP) is 2.30. The van der Waals surface area contributed by atoms with Crippen LogP contribution < -0.4 is 0 Å². The first kappa shape index (κ1) is 11.5. The van der Waals surface area contributed by atoms with Crippen LogP contribution >= 0.6 is 0 Å². The van der Waals surface area contributed by atoms with Crippen molar-refractivity contribution in [2.24, 2.45) is 0 Å². The van der Waals surface area contributed by atoms with Crippen molar-refractivity contribution in [1.82, 2.24) is 0 Å². The fraction of sp³-hybridized carbons (Fsp3) is 0.300. The Morgan fingerprint density at radius 1 is 1.27 bits per heavy atom. The summed E-state index contributed by atoms with van der Waals surface area (Å²) >= 11 is 0. The van der Waals surface area contributed by atoms with Gasteiger partial charge in [-0.1, -0.05) is 12.1 Å². The lowest BCUT2D eigenvalue weighted by atomic mass is 10.0. The molecule has 0 saturated carbocycles. The summed E-state index contributed by atoms with van der Waals surface area (Å²) in [5, 5.41) is 17.3. The maximum atomic E-state index is 12.2. The third kappa shape index (κ3) is 2.70. The standard InChI is InChI=1S/C10H8F3NO/c11-10(12,13)9-3-1-7(2-4-9)8(5-14)6-15/h1-4,8,15H,6H2. The molecule has 0 aliphatic rings. The van der Waals surface area contributed by atoms with Gasteiger partial charge in [0.15, 0.2) is 0 Å². The fourth-order valence-corrected chi connectivity index (χ4v) is 1.13. The van der Waals surface area contributed by atoms with Crippen LogP contribution in [0.1, 0.15) is 17.0 Å². The summed E-state index contributed by atoms with van der Waals surface area (Å²) in [7, 11) is 0. The topological polar surface area (TPSA) is 44.0 Å². The molecule has 0 aliphatic carbocycles. The molecule has 0 bridgehead atoms. The Hall–Kier alpha value is -1.54. The molecule has 0 saturated heterocycles. The number of benzene rings is 1. The predicted molar refractivity (Wildman–Crippen MR) is 46.9 cm³/mol. The molecule has 0 fully saturated rings. The average Bonchev–Trinajstić information content (AvgIpc) is 2.19. The van der Waals surface area contributed by atoms with Crippen LogP contribution in [0.25, 0.3) is 0 Å². The number of aliphatic hydroxyl groups excluding tert-OH is 1. The zero-order valence-electron chi connectivity index (χ0n) is 7.62. The molecule has 0 aromatic heterocycles. The molecule has 2 nitrogen and oxygen atoms in total. The maximum absolute atomic E-state index is 12.2. The van der Waals surface area contributed by atoms with E-state index in [1.807, 2.05) is 0 Å². The van der Waals surface area contributed by atoms with E-state index in [1.54, 1.807) is 6.07 Å². The molecule has 0 amide bonds. The highest BCUT2D eigenvalue weighted by molar-refractivity contribution is 5.30. The summed E-state index contributed by atoms with van der Waals surface area (Å²) in [6.45, 7) is -0.401. The van der Waals surface area contributed by atoms with Crippen molar-refractivity contribution in [3.05, 3.63) is 35.4 Å². The van der Waals surface area contributed by atoms with E-state index in [0.29, 0.717) is 5.56 Å². The Bertz CT molecular complexity index is 364. The molecule has 80 valence electrons. The van der Waals surface area contributed by atoms with Crippen LogP contribution in [0, 0.1) is 11.3 Å². The number of hydrogen-bond acceptors (Lipinski definition) is 2. The molecule has 15 heavy (non-hydrogen) atoms. The van der Waals surface area contributed by atoms with Crippen LogP contribution in [0.3, 0.4) is 0 Å². The van der Waals surface area contributed by atoms with Crippen LogP contribution in [0.15, 0.2) is 24.3 Å². The Kier molecular flexibility index (Phi) is 3.32. The second kappa shape index (κ2) is 4.32. The molecular weight excluding hydrogens is 207 g/mol. The van der Waals surface area contributed by atoms with E-state index in [1.165, 1.54) is 12.1 Å². The van der Waals surface area contributed by atoms with Crippen LogP contribution in [-0.4, -0.2) is 11.7 Å². The van der Waals surface area contributed by atoms with Gasteiger partial charge in [-0.05, 0) is 17.7 Å². The normalized spacial score (nSPS) is 13.3. The lowest BCUT2D eigenvalue weighted by Gasteiger charge is -2.09. The van der Waals surface area contributed by atoms with Gasteiger partial charge in [0.05, 0.1) is 24.2 Å². The summed E-state index contributed by atoms with van der Waals surface area (Å²) in [5.41, 5.74) is -0.381. The van der Waals surface area contributed by atoms with Crippen LogP contribution in [0.4, 0.5) is 13.2 Å². The van der Waals surface area contributed by atoms with Gasteiger partial charge in [-0.3, -0.25) is 0 Å². The Morgan fingerprint density at radius 3 is 2.13 bits per heavy atom. The third-order valence-electron chi connectivity index (χ3n) is 1.98. The molecule has 1 unspecified atom stereocenters. The average molecular weight is 215 g/mol. The van der Waals surface area contributed by atoms with E-state index >= 15 is 0 Å². The fourth-order valence-electron chi connectivity index (χ4n) is 1.13. The van der Waals surface area contributed by atoms with Crippen molar-refractivity contribution in [3.63, 3.8) is 0 Å². The first-order valence-electron chi connectivity index (χ1n) is 4.16. The van der Waals surface area contributed by atoms with Crippen molar-refractivity contribution in [1.29, 1.82) is 5.26 Å². The summed E-state index contributed by atoms with van der Waals surface area (Å²) in [5.74, 6) is -0.771. The van der Waals surface area contributed by atoms with E-state index in [4.69, 9.17) is 10.4 Å². The quantitative estimate of drug-likeness (QED) is 0.822. The smallest absolute Gasteiger partial charge is 0.395 e. The second-order valence-electron chi connectivity index (χ2n) is 2.98. The third-order valence-corrected chi connectivity index (χ3v) is 1.98. The molecular formula is C10H8F3NO. The molecule has 1 aromatic rings. The highest BCUT2D eigenvalue weighted by Crippen LogP contribution is 2.29. The van der Waals surface area contributed by atoms with Crippen molar-refractivity contribution in [2.75, 3.05) is 6.61 Å². The summed E-state index contributed by atoms with van der Waals surface area (Å²) in [6, 6.07) is 5.99. The number of nitriles is 1. The number of hydrogen-bond donors (Lipinski definition) is 1. The Labute approximate surface area is 84.6 Å². The number of halogens is 3. The molecule has 1 rings (SSSR count). The van der Waals surface area contributed by atoms with Crippen LogP contribution in [0.5, 0.6) is 0 Å². The summed E-state index contributed by atoms with van der Waals surface area (Å²) in [4.78, 5) is 0. The molecule has 0 aliphatic heterocycles. The molecule has 0 heterocycles. The number of nitrogens with zero attached hydrogens (tertiary/aromatic N) is 1. The van der Waals surface area contributed by atoms with Gasteiger partial charge in [-0.25, -0.2) is 0 Å². The summed E-state index contributed by atoms with van der Waals surface area (Å²) in [6.07, 6.45) is -4.38. The maximum Gasteiger partial charge on any atom is 0.416 e. The molecule has 1 aromatic carbocycles. The Balaban J connectivity index is 2.96. The van der Waals surface area contributed by atoms with Crippen molar-refractivity contribution in [2.45, 2.75) is 12.1 Å². The highest BCUT2D eigenvalue weighted by Gasteiger charge is 2.30. The molecule has 0 radical (unpaired) electrons. The first-order chi connectivity index (χ1) is 6.99. The van der Waals surface area contributed by atoms with E-state index in [0.717, 1.165) is 12.1 Å². The largest absolute Gasteiger partial charge is 0.416 e. The highest BCUT2D eigenvalue weighted by atomic mass is 19.4. The van der Waals surface area contributed by atoms with Gasteiger partial charge in [-0.2, -0.15) is 18.4 Å². The van der Waals surface area contributed by atoms with Gasteiger partial charge >= 0.3 is 6.18 Å². The van der Waals surface area contributed by atoms with Gasteiger partial charge in [0.25, 0.3) is 0 Å². The molecule has 1 atom stereocenters. The number of alkyl halides is 3. The van der Waals surface area contributed by atoms with Gasteiger partial charge in [0.1, 0.15) is 0 Å².